The molecular formula is C19H15N3O5S. The average molecular weight is 397 g/mol. The Balaban J connectivity index is 1.43. The van der Waals surface area contributed by atoms with E-state index in [0.29, 0.717) is 27.0 Å². The Morgan fingerprint density at radius 1 is 1.11 bits per heavy atom. The van der Waals surface area contributed by atoms with Gasteiger partial charge in [-0.25, -0.2) is 0 Å². The van der Waals surface area contributed by atoms with E-state index < -0.39 is 12.0 Å². The van der Waals surface area contributed by atoms with Gasteiger partial charge in [0.15, 0.2) is 11.9 Å². The second-order valence-electron chi connectivity index (χ2n) is 6.01. The Labute approximate surface area is 163 Å². The highest BCUT2D eigenvalue weighted by Gasteiger charge is 2.24. The number of fused-ring (bicyclic) bond motifs is 1. The maximum absolute atomic E-state index is 12.5. The number of furan rings is 1. The lowest BCUT2D eigenvalue weighted by Crippen LogP contribution is -2.34. The molecule has 9 heteroatoms. The van der Waals surface area contributed by atoms with Crippen molar-refractivity contribution < 1.29 is 23.5 Å². The molecule has 3 aromatic rings. The lowest BCUT2D eigenvalue weighted by atomic mass is 10.2. The van der Waals surface area contributed by atoms with E-state index in [2.05, 4.69) is 16.0 Å². The second-order valence-corrected chi connectivity index (χ2v) is 7.09. The third-order valence-electron chi connectivity index (χ3n) is 3.98. The Hall–Kier alpha value is -3.59. The normalized spacial score (nSPS) is 15.2. The van der Waals surface area contributed by atoms with Crippen LogP contribution in [0.4, 0.5) is 16.4 Å². The fourth-order valence-corrected chi connectivity index (χ4v) is 3.38. The molecular weight excluding hydrogens is 382 g/mol. The molecule has 1 aliphatic rings. The molecule has 4 rings (SSSR count). The molecule has 0 bridgehead atoms. The van der Waals surface area contributed by atoms with Crippen molar-refractivity contribution in [2.24, 2.45) is 0 Å². The van der Waals surface area contributed by atoms with E-state index >= 15 is 0 Å². The molecule has 3 N–H and O–H groups in total. The first-order valence-electron chi connectivity index (χ1n) is 8.37. The molecule has 0 radical (unpaired) electrons. The number of hydrogen-bond acceptors (Lipinski definition) is 6. The predicted molar refractivity (Wildman–Crippen MR) is 104 cm³/mol. The number of amides is 3. The van der Waals surface area contributed by atoms with Crippen LogP contribution < -0.4 is 20.7 Å². The smallest absolute Gasteiger partial charge is 0.291 e. The quantitative estimate of drug-likeness (QED) is 0.624. The van der Waals surface area contributed by atoms with Crippen LogP contribution in [0.2, 0.25) is 0 Å². The number of thiophene rings is 1. The van der Waals surface area contributed by atoms with Gasteiger partial charge < -0.3 is 25.1 Å². The first-order valence-corrected chi connectivity index (χ1v) is 9.19. The van der Waals surface area contributed by atoms with E-state index in [1.165, 1.54) is 6.26 Å². The summed E-state index contributed by atoms with van der Waals surface area (Å²) in [5.41, 5.74) is 1.01. The minimum Gasteiger partial charge on any atom is -0.479 e. The van der Waals surface area contributed by atoms with Crippen LogP contribution in [0.3, 0.4) is 0 Å². The molecule has 1 unspecified atom stereocenters. The number of benzene rings is 1. The summed E-state index contributed by atoms with van der Waals surface area (Å²) >= 11 is 1.14. The van der Waals surface area contributed by atoms with E-state index in [1.54, 1.807) is 49.4 Å². The highest BCUT2D eigenvalue weighted by atomic mass is 32.1. The Morgan fingerprint density at radius 2 is 1.96 bits per heavy atom. The van der Waals surface area contributed by atoms with E-state index in [-0.39, 0.29) is 17.6 Å². The zero-order valence-corrected chi connectivity index (χ0v) is 15.5. The van der Waals surface area contributed by atoms with Gasteiger partial charge in [-0.2, -0.15) is 0 Å². The third-order valence-corrected chi connectivity index (χ3v) is 4.98. The Kier molecular flexibility index (Phi) is 4.58. The number of carbonyl (C=O) groups excluding carboxylic acids is 3. The monoisotopic (exact) mass is 397 g/mol. The van der Waals surface area contributed by atoms with Crippen LogP contribution in [0.1, 0.15) is 27.2 Å². The van der Waals surface area contributed by atoms with E-state index in [4.69, 9.17) is 9.15 Å². The zero-order valence-electron chi connectivity index (χ0n) is 14.6. The summed E-state index contributed by atoms with van der Waals surface area (Å²) in [6, 6.07) is 11.4. The summed E-state index contributed by atoms with van der Waals surface area (Å²) in [5.74, 6) is -0.235. The van der Waals surface area contributed by atoms with Gasteiger partial charge in [0.2, 0.25) is 0 Å². The van der Waals surface area contributed by atoms with Crippen LogP contribution in [0, 0.1) is 0 Å². The van der Waals surface area contributed by atoms with Gasteiger partial charge in [-0.05, 0) is 49.4 Å². The molecule has 3 amide bonds. The van der Waals surface area contributed by atoms with E-state index in [1.807, 2.05) is 0 Å². The number of nitrogens with one attached hydrogen (secondary N) is 3. The van der Waals surface area contributed by atoms with Gasteiger partial charge in [-0.3, -0.25) is 14.4 Å². The van der Waals surface area contributed by atoms with Gasteiger partial charge >= 0.3 is 0 Å². The number of carbonyl (C=O) groups is 3. The maximum Gasteiger partial charge on any atom is 0.291 e. The summed E-state index contributed by atoms with van der Waals surface area (Å²) in [4.78, 5) is 36.6. The van der Waals surface area contributed by atoms with E-state index in [9.17, 15) is 14.4 Å². The highest BCUT2D eigenvalue weighted by Crippen LogP contribution is 2.32. The van der Waals surface area contributed by atoms with Crippen molar-refractivity contribution in [3.05, 3.63) is 59.4 Å². The molecule has 0 saturated carbocycles. The topological polar surface area (TPSA) is 110 Å². The molecule has 2 aromatic heterocycles. The fourth-order valence-electron chi connectivity index (χ4n) is 2.59. The largest absolute Gasteiger partial charge is 0.479 e. The van der Waals surface area contributed by atoms with E-state index in [0.717, 1.165) is 11.3 Å². The fraction of sp³-hybridized carbons (Fsp3) is 0.105. The van der Waals surface area contributed by atoms with Crippen molar-refractivity contribution in [3.8, 4) is 5.75 Å². The molecule has 0 spiro atoms. The van der Waals surface area contributed by atoms with Gasteiger partial charge in [0.05, 0.1) is 21.8 Å². The molecule has 28 heavy (non-hydrogen) atoms. The van der Waals surface area contributed by atoms with Crippen LogP contribution in [-0.4, -0.2) is 23.8 Å². The van der Waals surface area contributed by atoms with Crippen molar-refractivity contribution in [1.29, 1.82) is 0 Å². The van der Waals surface area contributed by atoms with Crippen molar-refractivity contribution in [3.63, 3.8) is 0 Å². The second kappa shape index (κ2) is 7.20. The number of ether oxygens (including phenoxy) is 1. The number of anilines is 3. The predicted octanol–water partition coefficient (Wildman–Crippen LogP) is 3.57. The maximum atomic E-state index is 12.5. The lowest BCUT2D eigenvalue weighted by molar-refractivity contribution is -0.122. The summed E-state index contributed by atoms with van der Waals surface area (Å²) in [6.07, 6.45) is 0.850. The van der Waals surface area contributed by atoms with Crippen molar-refractivity contribution >= 4 is 45.4 Å². The molecule has 1 aliphatic heterocycles. The van der Waals surface area contributed by atoms with Gasteiger partial charge in [0.25, 0.3) is 17.7 Å². The molecule has 8 nitrogen and oxygen atoms in total. The Morgan fingerprint density at radius 3 is 2.75 bits per heavy atom. The van der Waals surface area contributed by atoms with Crippen LogP contribution >= 0.6 is 11.3 Å². The molecule has 3 heterocycles. The standard InChI is InChI=1S/C19H15N3O5S/c1-10-17(23)21-12-9-11(4-5-13(12)27-10)20-19(25)15-6-7-16(28-15)22-18(24)14-3-2-8-26-14/h2-10H,1H3,(H,20,25)(H,21,23)(H,22,24). The van der Waals surface area contributed by atoms with Crippen molar-refractivity contribution in [2.45, 2.75) is 13.0 Å². The Bertz CT molecular complexity index is 1060. The van der Waals surface area contributed by atoms with Crippen LogP contribution in [0.15, 0.2) is 53.1 Å². The minimum absolute atomic E-state index is 0.187. The average Bonchev–Trinajstić information content (AvgIpc) is 3.35. The van der Waals surface area contributed by atoms with Gasteiger partial charge in [0, 0.05) is 5.69 Å². The summed E-state index contributed by atoms with van der Waals surface area (Å²) in [5, 5.41) is 8.69. The van der Waals surface area contributed by atoms with Crippen molar-refractivity contribution in [1.82, 2.24) is 0 Å². The minimum atomic E-state index is -0.561. The molecule has 0 saturated heterocycles. The van der Waals surface area contributed by atoms with Gasteiger partial charge in [0.1, 0.15) is 5.75 Å². The molecule has 142 valence electrons. The molecule has 0 fully saturated rings. The zero-order chi connectivity index (χ0) is 19.7. The van der Waals surface area contributed by atoms with Crippen LogP contribution in [-0.2, 0) is 4.79 Å². The first kappa shape index (κ1) is 17.8. The van der Waals surface area contributed by atoms with Gasteiger partial charge in [-0.1, -0.05) is 0 Å². The molecule has 1 aromatic carbocycles. The summed E-state index contributed by atoms with van der Waals surface area (Å²) in [6.45, 7) is 1.66. The highest BCUT2D eigenvalue weighted by molar-refractivity contribution is 7.18. The lowest BCUT2D eigenvalue weighted by Gasteiger charge is -2.23. The first-order chi connectivity index (χ1) is 13.5. The number of rotatable bonds is 4. The van der Waals surface area contributed by atoms with Crippen LogP contribution in [0.5, 0.6) is 5.75 Å². The molecule has 1 atom stereocenters. The van der Waals surface area contributed by atoms with Crippen LogP contribution in [0.25, 0.3) is 0 Å². The third kappa shape index (κ3) is 3.60. The van der Waals surface area contributed by atoms with Gasteiger partial charge in [-0.15, -0.1) is 11.3 Å². The number of hydrogen-bond donors (Lipinski definition) is 3. The summed E-state index contributed by atoms with van der Waals surface area (Å²) in [7, 11) is 0. The van der Waals surface area contributed by atoms with Crippen molar-refractivity contribution in [2.75, 3.05) is 16.0 Å². The SMILES string of the molecule is CC1Oc2ccc(NC(=O)c3ccc(NC(=O)c4ccco4)s3)cc2NC1=O. The molecule has 0 aliphatic carbocycles. The summed E-state index contributed by atoms with van der Waals surface area (Å²) < 4.78 is 10.5.